The average molecular weight is 563 g/mol. The average Bonchev–Trinajstić information content (AvgIpc) is 2.88. The molecule has 1 N–H and O–H groups in total. The Morgan fingerprint density at radius 3 is 2.20 bits per heavy atom. The molecule has 1 saturated heterocycles. The molecule has 1 aliphatic rings. The topological polar surface area (TPSA) is 71.9 Å². The number of aryl methyl sites for hydroxylation is 2. The van der Waals surface area contributed by atoms with Gasteiger partial charge in [0.2, 0.25) is 0 Å². The molecule has 0 radical (unpaired) electrons. The van der Waals surface area contributed by atoms with E-state index >= 15 is 0 Å². The summed E-state index contributed by atoms with van der Waals surface area (Å²) in [4.78, 5) is 19.8. The van der Waals surface area contributed by atoms with Crippen LogP contribution in [0.1, 0.15) is 76.1 Å². The highest BCUT2D eigenvalue weighted by molar-refractivity contribution is 5.88. The third-order valence-corrected chi connectivity index (χ3v) is 7.69. The van der Waals surface area contributed by atoms with Crippen LogP contribution in [-0.2, 0) is 16.0 Å². The van der Waals surface area contributed by atoms with E-state index in [2.05, 4.69) is 18.7 Å². The van der Waals surface area contributed by atoms with E-state index in [9.17, 15) is 14.3 Å². The number of aliphatic carboxylic acids is 1. The first-order valence-corrected chi connectivity index (χ1v) is 14.4. The van der Waals surface area contributed by atoms with Gasteiger partial charge in [-0.15, -0.1) is 0 Å². The van der Waals surface area contributed by atoms with Gasteiger partial charge in [-0.25, -0.2) is 9.18 Å². The number of carboxylic acid groups (broad SMARTS) is 1. The zero-order chi connectivity index (χ0) is 29.9. The molecule has 0 saturated carbocycles. The standard InChI is InChI=1S/C34H43FN2O4/c1-22-28(25-10-14-27(15-11-25)40-21-16-24-8-12-26(35)13-9-24)30(37-19-17-34(6,7)18-20-37)29(23(2)36-22)31(32(38)39)41-33(3,4)5/h8-15,31H,16-21H2,1-7H3,(H,38,39). The number of hydrogen-bond acceptors (Lipinski definition) is 5. The lowest BCUT2D eigenvalue weighted by Crippen LogP contribution is -2.39. The van der Waals surface area contributed by atoms with Crippen LogP contribution in [0.5, 0.6) is 5.75 Å². The molecule has 0 bridgehead atoms. The number of nitrogens with zero attached hydrogens (tertiary/aromatic N) is 2. The van der Waals surface area contributed by atoms with Crippen molar-refractivity contribution in [1.29, 1.82) is 0 Å². The molecule has 0 aliphatic carbocycles. The Hall–Kier alpha value is -3.45. The summed E-state index contributed by atoms with van der Waals surface area (Å²) in [5.74, 6) is -0.542. The van der Waals surface area contributed by atoms with Gasteiger partial charge in [-0.3, -0.25) is 4.98 Å². The molecule has 41 heavy (non-hydrogen) atoms. The van der Waals surface area contributed by atoms with E-state index in [0.717, 1.165) is 59.8 Å². The Balaban J connectivity index is 1.71. The molecule has 7 heteroatoms. The number of ether oxygens (including phenoxy) is 2. The highest BCUT2D eigenvalue weighted by atomic mass is 19.1. The first-order chi connectivity index (χ1) is 19.2. The number of benzene rings is 2. The van der Waals surface area contributed by atoms with Gasteiger partial charge in [0, 0.05) is 42.0 Å². The number of carboxylic acids is 1. The minimum atomic E-state index is -1.15. The molecule has 0 spiro atoms. The molecule has 220 valence electrons. The van der Waals surface area contributed by atoms with Crippen LogP contribution in [0.25, 0.3) is 11.1 Å². The summed E-state index contributed by atoms with van der Waals surface area (Å²) in [6.45, 7) is 16.2. The van der Waals surface area contributed by atoms with Gasteiger partial charge in [-0.1, -0.05) is 38.1 Å². The zero-order valence-corrected chi connectivity index (χ0v) is 25.4. The van der Waals surface area contributed by atoms with E-state index in [1.165, 1.54) is 12.1 Å². The Kier molecular flexibility index (Phi) is 9.07. The van der Waals surface area contributed by atoms with Crippen LogP contribution in [0, 0.1) is 25.1 Å². The quantitative estimate of drug-likeness (QED) is 0.288. The van der Waals surface area contributed by atoms with Crippen molar-refractivity contribution in [1.82, 2.24) is 4.98 Å². The SMILES string of the molecule is Cc1nc(C)c(C(OC(C)(C)C)C(=O)O)c(N2CCC(C)(C)CC2)c1-c1ccc(OCCc2ccc(F)cc2)cc1. The molecule has 2 heterocycles. The van der Waals surface area contributed by atoms with E-state index in [1.54, 1.807) is 12.1 Å². The summed E-state index contributed by atoms with van der Waals surface area (Å²) in [5, 5.41) is 10.4. The fourth-order valence-electron chi connectivity index (χ4n) is 5.41. The third kappa shape index (κ3) is 7.64. The molecule has 1 fully saturated rings. The van der Waals surface area contributed by atoms with Crippen LogP contribution in [0.15, 0.2) is 48.5 Å². The molecule has 6 nitrogen and oxygen atoms in total. The van der Waals surface area contributed by atoms with Crippen LogP contribution >= 0.6 is 0 Å². The number of aromatic nitrogens is 1. The zero-order valence-electron chi connectivity index (χ0n) is 25.4. The van der Waals surface area contributed by atoms with Crippen molar-refractivity contribution < 1.29 is 23.8 Å². The van der Waals surface area contributed by atoms with E-state index in [0.29, 0.717) is 24.3 Å². The lowest BCUT2D eigenvalue weighted by molar-refractivity contribution is -0.160. The summed E-state index contributed by atoms with van der Waals surface area (Å²) in [6, 6.07) is 14.3. The van der Waals surface area contributed by atoms with Crippen molar-refractivity contribution >= 4 is 11.7 Å². The van der Waals surface area contributed by atoms with Gasteiger partial charge in [-0.05, 0) is 88.3 Å². The van der Waals surface area contributed by atoms with E-state index in [4.69, 9.17) is 14.5 Å². The van der Waals surface area contributed by atoms with Crippen molar-refractivity contribution in [2.75, 3.05) is 24.6 Å². The van der Waals surface area contributed by atoms with Gasteiger partial charge in [0.1, 0.15) is 11.6 Å². The fraction of sp³-hybridized carbons (Fsp3) is 0.471. The van der Waals surface area contributed by atoms with Crippen molar-refractivity contribution in [2.45, 2.75) is 79.4 Å². The summed E-state index contributed by atoms with van der Waals surface area (Å²) < 4.78 is 25.3. The molecule has 1 aromatic heterocycles. The first-order valence-electron chi connectivity index (χ1n) is 14.4. The Bertz CT molecular complexity index is 1350. The van der Waals surface area contributed by atoms with E-state index < -0.39 is 17.7 Å². The minimum Gasteiger partial charge on any atom is -0.493 e. The second-order valence-corrected chi connectivity index (χ2v) is 12.8. The number of carbonyl (C=O) groups is 1. The number of rotatable bonds is 9. The van der Waals surface area contributed by atoms with Crippen molar-refractivity contribution in [3.8, 4) is 16.9 Å². The van der Waals surface area contributed by atoms with E-state index in [1.807, 2.05) is 58.9 Å². The van der Waals surface area contributed by atoms with Crippen LogP contribution in [0.2, 0.25) is 0 Å². The minimum absolute atomic E-state index is 0.231. The van der Waals surface area contributed by atoms with Gasteiger partial charge < -0.3 is 19.5 Å². The molecule has 4 rings (SSSR count). The first kappa shape index (κ1) is 30.5. The van der Waals surface area contributed by atoms with Gasteiger partial charge >= 0.3 is 5.97 Å². The number of piperidine rings is 1. The molecule has 1 unspecified atom stereocenters. The van der Waals surface area contributed by atoms with Gasteiger partial charge in [0.25, 0.3) is 0 Å². The maximum absolute atomic E-state index is 13.2. The largest absolute Gasteiger partial charge is 0.493 e. The molecular formula is C34H43FN2O4. The number of pyridine rings is 1. The highest BCUT2D eigenvalue weighted by Gasteiger charge is 2.36. The maximum Gasteiger partial charge on any atom is 0.337 e. The smallest absolute Gasteiger partial charge is 0.337 e. The van der Waals surface area contributed by atoms with Crippen molar-refractivity contribution in [3.63, 3.8) is 0 Å². The second-order valence-electron chi connectivity index (χ2n) is 12.8. The number of hydrogen-bond donors (Lipinski definition) is 1. The molecule has 1 aliphatic heterocycles. The lowest BCUT2D eigenvalue weighted by Gasteiger charge is -2.41. The Morgan fingerprint density at radius 1 is 1.02 bits per heavy atom. The van der Waals surface area contributed by atoms with Gasteiger partial charge in [-0.2, -0.15) is 0 Å². The Morgan fingerprint density at radius 2 is 1.63 bits per heavy atom. The second kappa shape index (κ2) is 12.2. The molecular weight excluding hydrogens is 519 g/mol. The monoisotopic (exact) mass is 562 g/mol. The summed E-state index contributed by atoms with van der Waals surface area (Å²) in [6.07, 6.45) is 1.53. The van der Waals surface area contributed by atoms with Crippen LogP contribution in [-0.4, -0.2) is 41.4 Å². The number of anilines is 1. The highest BCUT2D eigenvalue weighted by Crippen LogP contribution is 2.45. The number of halogens is 1. The summed E-state index contributed by atoms with van der Waals surface area (Å²) in [5.41, 5.74) is 5.48. The molecule has 1 atom stereocenters. The van der Waals surface area contributed by atoms with Gasteiger partial charge in [0.05, 0.1) is 17.9 Å². The maximum atomic E-state index is 13.2. The summed E-state index contributed by atoms with van der Waals surface area (Å²) >= 11 is 0. The van der Waals surface area contributed by atoms with Crippen LogP contribution in [0.3, 0.4) is 0 Å². The molecule has 3 aromatic rings. The summed E-state index contributed by atoms with van der Waals surface area (Å²) in [7, 11) is 0. The Labute approximate surface area is 243 Å². The van der Waals surface area contributed by atoms with Gasteiger partial charge in [0.15, 0.2) is 6.10 Å². The molecule has 0 amide bonds. The van der Waals surface area contributed by atoms with Crippen LogP contribution in [0.4, 0.5) is 10.1 Å². The normalized spacial score (nSPS) is 16.0. The fourth-order valence-corrected chi connectivity index (χ4v) is 5.41. The predicted octanol–water partition coefficient (Wildman–Crippen LogP) is 7.69. The van der Waals surface area contributed by atoms with Crippen molar-refractivity contribution in [3.05, 3.63) is 76.9 Å². The predicted molar refractivity (Wildman–Crippen MR) is 161 cm³/mol. The van der Waals surface area contributed by atoms with E-state index in [-0.39, 0.29) is 11.2 Å². The van der Waals surface area contributed by atoms with Crippen LogP contribution < -0.4 is 9.64 Å². The molecule has 2 aromatic carbocycles. The van der Waals surface area contributed by atoms with Crippen molar-refractivity contribution in [2.24, 2.45) is 5.41 Å². The lowest BCUT2D eigenvalue weighted by atomic mass is 9.82. The third-order valence-electron chi connectivity index (χ3n) is 7.69.